The Morgan fingerprint density at radius 3 is 2.88 bits per heavy atom. The predicted molar refractivity (Wildman–Crippen MR) is 67.0 cm³/mol. The van der Waals surface area contributed by atoms with Gasteiger partial charge in [-0.2, -0.15) is 11.8 Å². The molecule has 2 atom stereocenters. The third-order valence-corrected chi connectivity index (χ3v) is 4.78. The normalized spacial score (nSPS) is 31.6. The van der Waals surface area contributed by atoms with Crippen molar-refractivity contribution in [2.45, 2.75) is 25.7 Å². The van der Waals surface area contributed by atoms with Crippen LogP contribution in [0.15, 0.2) is 0 Å². The molecule has 1 amide bonds. The number of thioether (sulfide) groups is 1. The number of amides is 1. The Morgan fingerprint density at radius 1 is 1.53 bits per heavy atom. The lowest BCUT2D eigenvalue weighted by Crippen LogP contribution is -2.37. The number of rotatable bonds is 4. The molecule has 17 heavy (non-hydrogen) atoms. The smallest absolute Gasteiger partial charge is 0.311 e. The molecule has 0 aromatic carbocycles. The van der Waals surface area contributed by atoms with Crippen molar-refractivity contribution in [1.29, 1.82) is 0 Å². The number of fused-ring (bicyclic) bond motifs is 1. The van der Waals surface area contributed by atoms with Crippen LogP contribution < -0.4 is 0 Å². The summed E-state index contributed by atoms with van der Waals surface area (Å²) < 4.78 is 0. The van der Waals surface area contributed by atoms with Crippen LogP contribution in [0.3, 0.4) is 0 Å². The Hall–Kier alpha value is -0.710. The van der Waals surface area contributed by atoms with E-state index in [9.17, 15) is 14.7 Å². The van der Waals surface area contributed by atoms with E-state index in [-0.39, 0.29) is 11.8 Å². The van der Waals surface area contributed by atoms with Gasteiger partial charge in [0.25, 0.3) is 0 Å². The Morgan fingerprint density at radius 2 is 2.29 bits per heavy atom. The molecule has 1 aliphatic heterocycles. The number of carboxylic acid groups (broad SMARTS) is 1. The molecular formula is C12H19NO3S. The highest BCUT2D eigenvalue weighted by molar-refractivity contribution is 7.98. The summed E-state index contributed by atoms with van der Waals surface area (Å²) in [6.07, 6.45) is 5.19. The van der Waals surface area contributed by atoms with Gasteiger partial charge in [0.15, 0.2) is 0 Å². The highest BCUT2D eigenvalue weighted by atomic mass is 32.2. The molecule has 0 aromatic heterocycles. The molecule has 0 spiro atoms. The summed E-state index contributed by atoms with van der Waals surface area (Å²) in [5, 5.41) is 9.41. The van der Waals surface area contributed by atoms with Crippen LogP contribution in [0.4, 0.5) is 0 Å². The van der Waals surface area contributed by atoms with Gasteiger partial charge in [0, 0.05) is 25.3 Å². The van der Waals surface area contributed by atoms with Crippen LogP contribution >= 0.6 is 11.8 Å². The van der Waals surface area contributed by atoms with Crippen molar-refractivity contribution in [1.82, 2.24) is 4.90 Å². The quantitative estimate of drug-likeness (QED) is 0.828. The number of carboxylic acids is 1. The average Bonchev–Trinajstić information content (AvgIpc) is 2.82. The summed E-state index contributed by atoms with van der Waals surface area (Å²) >= 11 is 1.65. The summed E-state index contributed by atoms with van der Waals surface area (Å²) in [5.74, 6) is 0.410. The Balaban J connectivity index is 2.02. The van der Waals surface area contributed by atoms with Crippen LogP contribution in [0.5, 0.6) is 0 Å². The minimum Gasteiger partial charge on any atom is -0.481 e. The molecule has 1 aliphatic carbocycles. The molecule has 1 saturated carbocycles. The number of carbonyl (C=O) groups excluding carboxylic acids is 1. The van der Waals surface area contributed by atoms with Crippen molar-refractivity contribution in [3.8, 4) is 0 Å². The van der Waals surface area contributed by atoms with E-state index in [0.717, 1.165) is 25.0 Å². The van der Waals surface area contributed by atoms with E-state index >= 15 is 0 Å². The molecule has 2 fully saturated rings. The van der Waals surface area contributed by atoms with Crippen molar-refractivity contribution in [3.05, 3.63) is 0 Å². The van der Waals surface area contributed by atoms with Crippen molar-refractivity contribution in [3.63, 3.8) is 0 Å². The molecule has 0 unspecified atom stereocenters. The van der Waals surface area contributed by atoms with Crippen molar-refractivity contribution < 1.29 is 14.7 Å². The third kappa shape index (κ3) is 2.17. The second-order valence-electron chi connectivity index (χ2n) is 5.07. The minimum atomic E-state index is -0.708. The second-order valence-corrected chi connectivity index (χ2v) is 6.05. The number of hydrogen-bond donors (Lipinski definition) is 1. The number of aliphatic carboxylic acids is 1. The van der Waals surface area contributed by atoms with E-state index < -0.39 is 11.4 Å². The molecule has 1 heterocycles. The maximum atomic E-state index is 11.9. The van der Waals surface area contributed by atoms with Gasteiger partial charge in [-0.3, -0.25) is 9.59 Å². The zero-order valence-electron chi connectivity index (χ0n) is 10.1. The van der Waals surface area contributed by atoms with Crippen LogP contribution in [0.25, 0.3) is 0 Å². The summed E-state index contributed by atoms with van der Waals surface area (Å²) in [6.45, 7) is 1.08. The van der Waals surface area contributed by atoms with Gasteiger partial charge in [-0.05, 0) is 25.0 Å². The average molecular weight is 257 g/mol. The predicted octanol–water partition coefficient (Wildman–Crippen LogP) is 1.45. The highest BCUT2D eigenvalue weighted by Crippen LogP contribution is 2.48. The Labute approximate surface area is 106 Å². The molecule has 2 rings (SSSR count). The summed E-state index contributed by atoms with van der Waals surface area (Å²) in [5.41, 5.74) is -0.630. The molecule has 1 saturated heterocycles. The van der Waals surface area contributed by atoms with Gasteiger partial charge in [0.2, 0.25) is 5.91 Å². The van der Waals surface area contributed by atoms with E-state index in [2.05, 4.69) is 0 Å². The van der Waals surface area contributed by atoms with Crippen LogP contribution in [0.1, 0.15) is 25.7 Å². The van der Waals surface area contributed by atoms with Gasteiger partial charge >= 0.3 is 5.97 Å². The van der Waals surface area contributed by atoms with Crippen LogP contribution in [-0.2, 0) is 9.59 Å². The summed E-state index contributed by atoms with van der Waals surface area (Å²) in [6, 6.07) is 0. The molecule has 4 nitrogen and oxygen atoms in total. The fourth-order valence-corrected chi connectivity index (χ4v) is 3.56. The third-order valence-electron chi connectivity index (χ3n) is 4.17. The monoisotopic (exact) mass is 257 g/mol. The van der Waals surface area contributed by atoms with E-state index in [1.165, 1.54) is 0 Å². The first-order valence-corrected chi connectivity index (χ1v) is 7.49. The first kappa shape index (κ1) is 12.7. The fourth-order valence-electron chi connectivity index (χ4n) is 3.18. The van der Waals surface area contributed by atoms with Crippen molar-refractivity contribution >= 4 is 23.6 Å². The number of likely N-dealkylation sites (tertiary alicyclic amines) is 1. The van der Waals surface area contributed by atoms with Crippen molar-refractivity contribution in [2.24, 2.45) is 11.3 Å². The fraction of sp³-hybridized carbons (Fsp3) is 0.833. The zero-order chi connectivity index (χ0) is 12.5. The van der Waals surface area contributed by atoms with Gasteiger partial charge in [0.05, 0.1) is 5.41 Å². The minimum absolute atomic E-state index is 0.120. The molecule has 1 N–H and O–H groups in total. The first-order valence-electron chi connectivity index (χ1n) is 6.10. The van der Waals surface area contributed by atoms with Gasteiger partial charge < -0.3 is 10.0 Å². The van der Waals surface area contributed by atoms with E-state index in [4.69, 9.17) is 0 Å². The Bertz CT molecular complexity index is 334. The van der Waals surface area contributed by atoms with E-state index in [1.807, 2.05) is 6.26 Å². The SMILES string of the molecule is CSCCC(=O)N1C[C@@H]2CCC[C@@]2(C(=O)O)C1. The standard InChI is InChI=1S/C12H19NO3S/c1-17-6-4-10(14)13-7-9-3-2-5-12(9,8-13)11(15)16/h9H,2-8H2,1H3,(H,15,16)/t9-,12+/m0/s1. The highest BCUT2D eigenvalue weighted by Gasteiger charge is 2.55. The maximum absolute atomic E-state index is 11.9. The van der Waals surface area contributed by atoms with Crippen molar-refractivity contribution in [2.75, 3.05) is 25.1 Å². The van der Waals surface area contributed by atoms with Gasteiger partial charge in [-0.15, -0.1) is 0 Å². The molecule has 96 valence electrons. The zero-order valence-corrected chi connectivity index (χ0v) is 11.0. The second kappa shape index (κ2) is 4.88. The lowest BCUT2D eigenvalue weighted by Gasteiger charge is -2.23. The van der Waals surface area contributed by atoms with Crippen LogP contribution in [0.2, 0.25) is 0 Å². The largest absolute Gasteiger partial charge is 0.481 e. The van der Waals surface area contributed by atoms with Gasteiger partial charge in [0.1, 0.15) is 0 Å². The van der Waals surface area contributed by atoms with Crippen LogP contribution in [0, 0.1) is 11.3 Å². The topological polar surface area (TPSA) is 57.6 Å². The molecule has 5 heteroatoms. The lowest BCUT2D eigenvalue weighted by atomic mass is 9.81. The molecular weight excluding hydrogens is 238 g/mol. The number of carbonyl (C=O) groups is 2. The number of hydrogen-bond acceptors (Lipinski definition) is 3. The number of nitrogens with zero attached hydrogens (tertiary/aromatic N) is 1. The summed E-state index contributed by atoms with van der Waals surface area (Å²) in [4.78, 5) is 25.1. The first-order chi connectivity index (χ1) is 8.10. The van der Waals surface area contributed by atoms with E-state index in [0.29, 0.717) is 19.5 Å². The molecule has 0 radical (unpaired) electrons. The molecule has 0 bridgehead atoms. The van der Waals surface area contributed by atoms with Gasteiger partial charge in [-0.25, -0.2) is 0 Å². The Kier molecular flexibility index (Phi) is 3.66. The summed E-state index contributed by atoms with van der Waals surface area (Å²) in [7, 11) is 0. The lowest BCUT2D eigenvalue weighted by molar-refractivity contribution is -0.149. The maximum Gasteiger partial charge on any atom is 0.311 e. The van der Waals surface area contributed by atoms with Crippen LogP contribution in [-0.4, -0.2) is 47.0 Å². The molecule has 2 aliphatic rings. The van der Waals surface area contributed by atoms with E-state index in [1.54, 1.807) is 16.7 Å². The van der Waals surface area contributed by atoms with Gasteiger partial charge in [-0.1, -0.05) is 6.42 Å². The molecule has 0 aromatic rings.